The predicted octanol–water partition coefficient (Wildman–Crippen LogP) is 5.23. The second kappa shape index (κ2) is 7.12. The molecular weight excluding hydrogens is 369 g/mol. The fourth-order valence-electron chi connectivity index (χ4n) is 3.05. The van der Waals surface area contributed by atoms with Crippen LogP contribution in [-0.4, -0.2) is 20.1 Å². The minimum absolute atomic E-state index is 0.295. The Balaban J connectivity index is 1.51. The van der Waals surface area contributed by atoms with Gasteiger partial charge in [-0.25, -0.2) is 14.4 Å². The molecule has 140 valence electrons. The van der Waals surface area contributed by atoms with E-state index in [1.165, 1.54) is 12.1 Å². The van der Waals surface area contributed by atoms with Gasteiger partial charge in [0.2, 0.25) is 5.95 Å². The highest BCUT2D eigenvalue weighted by Gasteiger charge is 2.13. The summed E-state index contributed by atoms with van der Waals surface area (Å²) < 4.78 is 18.6. The van der Waals surface area contributed by atoms with E-state index in [-0.39, 0.29) is 5.82 Å². The molecule has 0 bridgehead atoms. The molecule has 3 aromatic heterocycles. The highest BCUT2D eigenvalue weighted by atomic mass is 19.1. The minimum Gasteiger partial charge on any atom is -0.355 e. The third-order valence-corrected chi connectivity index (χ3v) is 4.45. The smallest absolute Gasteiger partial charge is 0.227 e. The zero-order valence-electron chi connectivity index (χ0n) is 15.1. The van der Waals surface area contributed by atoms with Crippen molar-refractivity contribution in [3.63, 3.8) is 0 Å². The number of halogens is 1. The van der Waals surface area contributed by atoms with E-state index in [4.69, 9.17) is 4.52 Å². The molecule has 29 heavy (non-hydrogen) atoms. The first-order chi connectivity index (χ1) is 14.3. The first kappa shape index (κ1) is 17.0. The Morgan fingerprint density at radius 3 is 2.62 bits per heavy atom. The van der Waals surface area contributed by atoms with E-state index in [9.17, 15) is 4.39 Å². The lowest BCUT2D eigenvalue weighted by Crippen LogP contribution is -1.97. The molecular formula is C22H14FN5O. The van der Waals surface area contributed by atoms with Crippen LogP contribution < -0.4 is 5.32 Å². The van der Waals surface area contributed by atoms with Gasteiger partial charge in [0.1, 0.15) is 11.3 Å². The van der Waals surface area contributed by atoms with Gasteiger partial charge in [0.25, 0.3) is 0 Å². The van der Waals surface area contributed by atoms with Crippen molar-refractivity contribution < 1.29 is 8.91 Å². The summed E-state index contributed by atoms with van der Waals surface area (Å²) in [7, 11) is 0. The van der Waals surface area contributed by atoms with Gasteiger partial charge in [-0.05, 0) is 54.6 Å². The predicted molar refractivity (Wildman–Crippen MR) is 108 cm³/mol. The molecule has 1 N–H and O–H groups in total. The van der Waals surface area contributed by atoms with Crippen molar-refractivity contribution in [3.05, 3.63) is 85.1 Å². The van der Waals surface area contributed by atoms with Crippen LogP contribution in [0.5, 0.6) is 0 Å². The van der Waals surface area contributed by atoms with Crippen molar-refractivity contribution in [2.75, 3.05) is 5.32 Å². The lowest BCUT2D eigenvalue weighted by molar-refractivity contribution is 0.441. The van der Waals surface area contributed by atoms with E-state index in [0.717, 1.165) is 27.7 Å². The molecule has 6 nitrogen and oxygen atoms in total. The molecule has 0 saturated heterocycles. The summed E-state index contributed by atoms with van der Waals surface area (Å²) in [5.41, 5.74) is 3.96. The number of anilines is 2. The van der Waals surface area contributed by atoms with E-state index >= 15 is 0 Å². The van der Waals surface area contributed by atoms with Crippen LogP contribution in [0.1, 0.15) is 0 Å². The third kappa shape index (κ3) is 3.41. The molecule has 5 aromatic rings. The van der Waals surface area contributed by atoms with Crippen molar-refractivity contribution in [1.82, 2.24) is 20.1 Å². The summed E-state index contributed by atoms with van der Waals surface area (Å²) in [6.07, 6.45) is 5.13. The van der Waals surface area contributed by atoms with Crippen molar-refractivity contribution >= 4 is 22.5 Å². The summed E-state index contributed by atoms with van der Waals surface area (Å²) in [5.74, 6) is 0.789. The van der Waals surface area contributed by atoms with Crippen LogP contribution in [0.4, 0.5) is 16.0 Å². The fourth-order valence-corrected chi connectivity index (χ4v) is 3.05. The molecule has 0 radical (unpaired) electrons. The van der Waals surface area contributed by atoms with Crippen LogP contribution in [-0.2, 0) is 0 Å². The molecule has 0 aliphatic rings. The van der Waals surface area contributed by atoms with Crippen molar-refractivity contribution in [2.45, 2.75) is 0 Å². The zero-order chi connectivity index (χ0) is 19.6. The van der Waals surface area contributed by atoms with Crippen molar-refractivity contribution in [3.8, 4) is 22.6 Å². The molecule has 3 heterocycles. The lowest BCUT2D eigenvalue weighted by Gasteiger charge is -2.07. The maximum atomic E-state index is 13.1. The van der Waals surface area contributed by atoms with Crippen LogP contribution >= 0.6 is 0 Å². The maximum Gasteiger partial charge on any atom is 0.227 e. The third-order valence-electron chi connectivity index (χ3n) is 4.45. The van der Waals surface area contributed by atoms with Crippen LogP contribution in [0, 0.1) is 5.82 Å². The van der Waals surface area contributed by atoms with Crippen LogP contribution in [0.2, 0.25) is 0 Å². The standard InChI is InChI=1S/C22H14FN5O/c23-16-4-6-17(7-5-16)26-22-25-11-9-19(27-22)14-3-8-20-18(12-14)21(29-28-20)15-2-1-10-24-13-15/h1-13H,(H,25,26,27). The lowest BCUT2D eigenvalue weighted by atomic mass is 10.1. The van der Waals surface area contributed by atoms with E-state index in [1.807, 2.05) is 36.4 Å². The number of fused-ring (bicyclic) bond motifs is 1. The quantitative estimate of drug-likeness (QED) is 0.458. The number of hydrogen-bond acceptors (Lipinski definition) is 6. The van der Waals surface area contributed by atoms with Gasteiger partial charge < -0.3 is 9.84 Å². The molecule has 0 unspecified atom stereocenters. The molecule has 0 saturated carbocycles. The normalized spacial score (nSPS) is 10.9. The summed E-state index contributed by atoms with van der Waals surface area (Å²) in [4.78, 5) is 13.0. The van der Waals surface area contributed by atoms with Gasteiger partial charge in [0.15, 0.2) is 5.76 Å². The Bertz CT molecular complexity index is 1290. The molecule has 2 aromatic carbocycles. The SMILES string of the molecule is Fc1ccc(Nc2nccc(-c3ccc4noc(-c5cccnc5)c4c3)n2)cc1. The number of nitrogens with zero attached hydrogens (tertiary/aromatic N) is 4. The monoisotopic (exact) mass is 383 g/mol. The topological polar surface area (TPSA) is 76.7 Å². The number of hydrogen-bond donors (Lipinski definition) is 1. The molecule has 0 fully saturated rings. The molecule has 0 amide bonds. The Kier molecular flexibility index (Phi) is 4.18. The van der Waals surface area contributed by atoms with E-state index in [2.05, 4.69) is 25.4 Å². The number of rotatable bonds is 4. The van der Waals surface area contributed by atoms with Gasteiger partial charge in [0.05, 0.1) is 11.1 Å². The maximum absolute atomic E-state index is 13.1. The zero-order valence-corrected chi connectivity index (χ0v) is 15.1. The number of pyridine rings is 1. The highest BCUT2D eigenvalue weighted by Crippen LogP contribution is 2.31. The first-order valence-corrected chi connectivity index (χ1v) is 8.92. The number of aromatic nitrogens is 4. The van der Waals surface area contributed by atoms with E-state index in [0.29, 0.717) is 17.4 Å². The van der Waals surface area contributed by atoms with E-state index in [1.54, 1.807) is 30.7 Å². The second-order valence-corrected chi connectivity index (χ2v) is 6.38. The minimum atomic E-state index is -0.295. The second-order valence-electron chi connectivity index (χ2n) is 6.38. The van der Waals surface area contributed by atoms with Gasteiger partial charge in [0, 0.05) is 35.4 Å². The molecule has 0 aliphatic heterocycles. The van der Waals surface area contributed by atoms with Gasteiger partial charge in [-0.1, -0.05) is 11.2 Å². The van der Waals surface area contributed by atoms with Gasteiger partial charge >= 0.3 is 0 Å². The number of nitrogens with one attached hydrogen (secondary N) is 1. The van der Waals surface area contributed by atoms with E-state index < -0.39 is 0 Å². The Hall–Kier alpha value is -4.13. The fraction of sp³-hybridized carbons (Fsp3) is 0. The Morgan fingerprint density at radius 2 is 1.79 bits per heavy atom. The summed E-state index contributed by atoms with van der Waals surface area (Å²) in [6.45, 7) is 0. The van der Waals surface area contributed by atoms with Crippen molar-refractivity contribution in [1.29, 1.82) is 0 Å². The van der Waals surface area contributed by atoms with Crippen LogP contribution in [0.15, 0.2) is 83.8 Å². The molecule has 0 aliphatic carbocycles. The highest BCUT2D eigenvalue weighted by molar-refractivity contribution is 5.94. The van der Waals surface area contributed by atoms with Crippen molar-refractivity contribution in [2.24, 2.45) is 0 Å². The summed E-state index contributed by atoms with van der Waals surface area (Å²) in [6, 6.07) is 17.4. The average Bonchev–Trinajstić information content (AvgIpc) is 3.19. The van der Waals surface area contributed by atoms with Crippen LogP contribution in [0.25, 0.3) is 33.5 Å². The Labute approximate surface area is 165 Å². The molecule has 7 heteroatoms. The Morgan fingerprint density at radius 1 is 0.897 bits per heavy atom. The van der Waals surface area contributed by atoms with Gasteiger partial charge in [-0.15, -0.1) is 0 Å². The first-order valence-electron chi connectivity index (χ1n) is 8.92. The molecule has 5 rings (SSSR count). The van der Waals surface area contributed by atoms with Crippen LogP contribution in [0.3, 0.4) is 0 Å². The largest absolute Gasteiger partial charge is 0.355 e. The molecule has 0 atom stereocenters. The number of benzene rings is 2. The average molecular weight is 383 g/mol. The van der Waals surface area contributed by atoms with Gasteiger partial charge in [-0.3, -0.25) is 4.98 Å². The summed E-state index contributed by atoms with van der Waals surface area (Å²) in [5, 5.41) is 8.09. The van der Waals surface area contributed by atoms with Gasteiger partial charge in [-0.2, -0.15) is 0 Å². The molecule has 0 spiro atoms. The summed E-state index contributed by atoms with van der Waals surface area (Å²) >= 11 is 0.